The fraction of sp³-hybridized carbons (Fsp3) is 0.167. The molecule has 0 atom stereocenters. The second-order valence-electron chi connectivity index (χ2n) is 3.66. The molecule has 0 radical (unpaired) electrons. The molecule has 1 aromatic heterocycles. The van der Waals surface area contributed by atoms with Crippen LogP contribution in [0.5, 0.6) is 5.88 Å². The van der Waals surface area contributed by atoms with Gasteiger partial charge in [0.2, 0.25) is 5.88 Å². The van der Waals surface area contributed by atoms with E-state index < -0.39 is 0 Å². The molecule has 2 heterocycles. The normalized spacial score (nSPS) is 13.2. The lowest BCUT2D eigenvalue weighted by molar-refractivity contribution is 0.345. The van der Waals surface area contributed by atoms with Crippen LogP contribution in [0.1, 0.15) is 5.56 Å². The molecule has 4 nitrogen and oxygen atoms in total. The van der Waals surface area contributed by atoms with Crippen LogP contribution in [0.25, 0.3) is 11.4 Å². The van der Waals surface area contributed by atoms with Gasteiger partial charge in [-0.1, -0.05) is 30.3 Å². The Balaban J connectivity index is 2.17. The largest absolute Gasteiger partial charge is 0.477 e. The van der Waals surface area contributed by atoms with Crippen molar-refractivity contribution in [1.29, 1.82) is 0 Å². The van der Waals surface area contributed by atoms with Gasteiger partial charge in [0, 0.05) is 12.0 Å². The van der Waals surface area contributed by atoms with Gasteiger partial charge in [0.05, 0.1) is 12.2 Å². The second kappa shape index (κ2) is 3.48. The minimum atomic E-state index is -0.0960. The first-order chi connectivity index (χ1) is 7.84. The van der Waals surface area contributed by atoms with Crippen LogP contribution in [0, 0.1) is 0 Å². The van der Waals surface area contributed by atoms with E-state index in [2.05, 4.69) is 9.97 Å². The zero-order valence-corrected chi connectivity index (χ0v) is 8.56. The summed E-state index contributed by atoms with van der Waals surface area (Å²) in [4.78, 5) is 18.8. The molecule has 0 amide bonds. The summed E-state index contributed by atoms with van der Waals surface area (Å²) in [6.45, 7) is 0.545. The van der Waals surface area contributed by atoms with E-state index in [-0.39, 0.29) is 5.56 Å². The Morgan fingerprint density at radius 2 is 2.06 bits per heavy atom. The molecule has 0 unspecified atom stereocenters. The van der Waals surface area contributed by atoms with Gasteiger partial charge in [-0.25, -0.2) is 0 Å². The SMILES string of the molecule is O=c1[nH]c(-c2ccccc2)nc2c1CCO2. The molecule has 0 spiro atoms. The molecule has 4 heteroatoms. The maximum Gasteiger partial charge on any atom is 0.258 e. The average molecular weight is 214 g/mol. The standard InChI is InChI=1S/C12H10N2O2/c15-11-9-6-7-16-12(9)14-10(13-11)8-4-2-1-3-5-8/h1-5H,6-7H2,(H,13,14,15). The van der Waals surface area contributed by atoms with Crippen molar-refractivity contribution in [1.82, 2.24) is 9.97 Å². The summed E-state index contributed by atoms with van der Waals surface area (Å²) in [6.07, 6.45) is 0.646. The van der Waals surface area contributed by atoms with E-state index in [1.165, 1.54) is 0 Å². The van der Waals surface area contributed by atoms with Gasteiger partial charge in [0.25, 0.3) is 5.56 Å². The molecule has 2 aromatic rings. The number of nitrogens with one attached hydrogen (secondary N) is 1. The molecule has 16 heavy (non-hydrogen) atoms. The summed E-state index contributed by atoms with van der Waals surface area (Å²) in [5, 5.41) is 0. The number of hydrogen-bond acceptors (Lipinski definition) is 3. The first-order valence-electron chi connectivity index (χ1n) is 5.16. The number of aromatic amines is 1. The van der Waals surface area contributed by atoms with Crippen molar-refractivity contribution in [2.75, 3.05) is 6.61 Å². The summed E-state index contributed by atoms with van der Waals surface area (Å²) < 4.78 is 5.31. The molecule has 3 rings (SSSR count). The molecule has 0 aliphatic carbocycles. The zero-order chi connectivity index (χ0) is 11.0. The second-order valence-corrected chi connectivity index (χ2v) is 3.66. The summed E-state index contributed by atoms with van der Waals surface area (Å²) in [6, 6.07) is 9.54. The number of fused-ring (bicyclic) bond motifs is 1. The van der Waals surface area contributed by atoms with Gasteiger partial charge in [-0.15, -0.1) is 0 Å². The number of ether oxygens (including phenoxy) is 1. The first-order valence-corrected chi connectivity index (χ1v) is 5.16. The van der Waals surface area contributed by atoms with Crippen LogP contribution in [0.4, 0.5) is 0 Å². The first kappa shape index (κ1) is 9.15. The van der Waals surface area contributed by atoms with E-state index in [1.807, 2.05) is 30.3 Å². The highest BCUT2D eigenvalue weighted by Gasteiger charge is 2.18. The molecule has 0 bridgehead atoms. The molecular formula is C12H10N2O2. The van der Waals surface area contributed by atoms with E-state index in [0.29, 0.717) is 30.3 Å². The average Bonchev–Trinajstić information content (AvgIpc) is 2.79. The fourth-order valence-electron chi connectivity index (χ4n) is 1.80. The third-order valence-corrected chi connectivity index (χ3v) is 2.62. The van der Waals surface area contributed by atoms with Crippen molar-refractivity contribution in [2.45, 2.75) is 6.42 Å². The highest BCUT2D eigenvalue weighted by molar-refractivity contribution is 5.55. The fourth-order valence-corrected chi connectivity index (χ4v) is 1.80. The van der Waals surface area contributed by atoms with Crippen molar-refractivity contribution in [3.63, 3.8) is 0 Å². The smallest absolute Gasteiger partial charge is 0.258 e. The van der Waals surface area contributed by atoms with Gasteiger partial charge >= 0.3 is 0 Å². The van der Waals surface area contributed by atoms with Crippen LogP contribution in [0.2, 0.25) is 0 Å². The minimum absolute atomic E-state index is 0.0960. The van der Waals surface area contributed by atoms with Crippen molar-refractivity contribution >= 4 is 0 Å². The van der Waals surface area contributed by atoms with Gasteiger partial charge in [0.15, 0.2) is 0 Å². The molecule has 1 N–H and O–H groups in total. The Kier molecular flexibility index (Phi) is 1.99. The molecule has 0 saturated heterocycles. The van der Waals surface area contributed by atoms with Gasteiger partial charge in [0.1, 0.15) is 5.82 Å². The Morgan fingerprint density at radius 3 is 2.88 bits per heavy atom. The number of benzene rings is 1. The number of hydrogen-bond donors (Lipinski definition) is 1. The highest BCUT2D eigenvalue weighted by atomic mass is 16.5. The number of nitrogens with zero attached hydrogens (tertiary/aromatic N) is 1. The van der Waals surface area contributed by atoms with E-state index in [0.717, 1.165) is 5.56 Å². The number of rotatable bonds is 1. The van der Waals surface area contributed by atoms with E-state index in [4.69, 9.17) is 4.74 Å². The maximum absolute atomic E-state index is 11.7. The number of aromatic nitrogens is 2. The maximum atomic E-state index is 11.7. The van der Waals surface area contributed by atoms with Crippen molar-refractivity contribution in [3.05, 3.63) is 46.2 Å². The van der Waals surface area contributed by atoms with Crippen molar-refractivity contribution in [3.8, 4) is 17.3 Å². The quantitative estimate of drug-likeness (QED) is 0.780. The van der Waals surface area contributed by atoms with Crippen molar-refractivity contribution < 1.29 is 4.74 Å². The predicted molar refractivity (Wildman–Crippen MR) is 59.5 cm³/mol. The summed E-state index contributed by atoms with van der Waals surface area (Å²) in [7, 11) is 0. The molecule has 0 fully saturated rings. The van der Waals surface area contributed by atoms with Crippen LogP contribution in [-0.4, -0.2) is 16.6 Å². The highest BCUT2D eigenvalue weighted by Crippen LogP contribution is 2.21. The number of H-pyrrole nitrogens is 1. The Hall–Kier alpha value is -2.10. The van der Waals surface area contributed by atoms with Gasteiger partial charge in [-0.2, -0.15) is 4.98 Å². The van der Waals surface area contributed by atoms with Gasteiger partial charge in [-0.3, -0.25) is 4.79 Å². The molecule has 1 aliphatic heterocycles. The third kappa shape index (κ3) is 1.39. The summed E-state index contributed by atoms with van der Waals surface area (Å²) in [5.41, 5.74) is 1.44. The lowest BCUT2D eigenvalue weighted by Gasteiger charge is -2.02. The van der Waals surface area contributed by atoms with Crippen LogP contribution >= 0.6 is 0 Å². The Bertz CT molecular complexity index is 575. The molecule has 1 aliphatic rings. The summed E-state index contributed by atoms with van der Waals surface area (Å²) >= 11 is 0. The Labute approximate surface area is 91.9 Å². The van der Waals surface area contributed by atoms with Crippen LogP contribution in [0.3, 0.4) is 0 Å². The Morgan fingerprint density at radius 1 is 1.25 bits per heavy atom. The van der Waals surface area contributed by atoms with E-state index in [1.54, 1.807) is 0 Å². The molecule has 80 valence electrons. The van der Waals surface area contributed by atoms with Gasteiger partial charge in [-0.05, 0) is 0 Å². The zero-order valence-electron chi connectivity index (χ0n) is 8.56. The molecule has 0 saturated carbocycles. The van der Waals surface area contributed by atoms with E-state index in [9.17, 15) is 4.79 Å². The monoisotopic (exact) mass is 214 g/mol. The van der Waals surface area contributed by atoms with Crippen LogP contribution < -0.4 is 10.3 Å². The topological polar surface area (TPSA) is 55.0 Å². The van der Waals surface area contributed by atoms with Crippen LogP contribution in [-0.2, 0) is 6.42 Å². The predicted octanol–water partition coefficient (Wildman–Crippen LogP) is 1.37. The van der Waals surface area contributed by atoms with Crippen LogP contribution in [0.15, 0.2) is 35.1 Å². The minimum Gasteiger partial charge on any atom is -0.477 e. The van der Waals surface area contributed by atoms with Gasteiger partial charge < -0.3 is 9.72 Å². The molecule has 1 aromatic carbocycles. The lowest BCUT2D eigenvalue weighted by Crippen LogP contribution is -2.12. The van der Waals surface area contributed by atoms with E-state index >= 15 is 0 Å². The molecular weight excluding hydrogens is 204 g/mol. The summed E-state index contributed by atoms with van der Waals surface area (Å²) in [5.74, 6) is 1.04. The lowest BCUT2D eigenvalue weighted by atomic mass is 10.2. The van der Waals surface area contributed by atoms with Crippen molar-refractivity contribution in [2.24, 2.45) is 0 Å². The third-order valence-electron chi connectivity index (χ3n) is 2.62.